The Morgan fingerprint density at radius 2 is 2.04 bits per heavy atom. The van der Waals surface area contributed by atoms with Crippen LogP contribution in [0.4, 0.5) is 13.2 Å². The number of alkyl halides is 3. The second-order valence-corrected chi connectivity index (χ2v) is 5.01. The van der Waals surface area contributed by atoms with Crippen LogP contribution in [0, 0.1) is 0 Å². The summed E-state index contributed by atoms with van der Waals surface area (Å²) in [4.78, 5) is 18.3. The van der Waals surface area contributed by atoms with Crippen molar-refractivity contribution in [1.82, 2.24) is 14.3 Å². The van der Waals surface area contributed by atoms with Crippen LogP contribution in [0.5, 0.6) is 0 Å². The third-order valence-electron chi connectivity index (χ3n) is 3.59. The number of amides is 1. The zero-order chi connectivity index (χ0) is 17.2. The number of aliphatic hydroxyl groups excluding tert-OH is 1. The van der Waals surface area contributed by atoms with E-state index in [0.29, 0.717) is 24.3 Å². The number of aromatic nitrogens is 2. The molecule has 2 aromatic heterocycles. The van der Waals surface area contributed by atoms with Crippen molar-refractivity contribution in [1.29, 1.82) is 0 Å². The highest BCUT2D eigenvalue weighted by molar-refractivity contribution is 5.94. The first-order chi connectivity index (χ1) is 10.8. The minimum Gasteiger partial charge on any atom is -0.395 e. The van der Waals surface area contributed by atoms with Crippen molar-refractivity contribution in [2.45, 2.75) is 26.4 Å². The Kier molecular flexibility index (Phi) is 4.93. The molecule has 0 aromatic carbocycles. The van der Waals surface area contributed by atoms with Crippen LogP contribution in [0.1, 0.15) is 35.6 Å². The maximum Gasteiger partial charge on any atom is 0.417 e. The molecule has 0 aliphatic rings. The molecule has 0 aliphatic carbocycles. The van der Waals surface area contributed by atoms with Gasteiger partial charge in [-0.05, 0) is 25.5 Å². The highest BCUT2D eigenvalue weighted by Crippen LogP contribution is 2.30. The average Bonchev–Trinajstić information content (AvgIpc) is 2.88. The molecule has 0 aliphatic heterocycles. The Morgan fingerprint density at radius 1 is 1.35 bits per heavy atom. The molecule has 1 amide bonds. The smallest absolute Gasteiger partial charge is 0.395 e. The van der Waals surface area contributed by atoms with Crippen LogP contribution < -0.4 is 0 Å². The Labute approximate surface area is 131 Å². The summed E-state index contributed by atoms with van der Waals surface area (Å²) in [6, 6.07) is 2.20. The lowest BCUT2D eigenvalue weighted by Crippen LogP contribution is -2.34. The first kappa shape index (κ1) is 17.3. The maximum atomic E-state index is 12.9. The molecule has 0 bridgehead atoms. The van der Waals surface area contributed by atoms with E-state index in [1.54, 1.807) is 13.8 Å². The third-order valence-corrected chi connectivity index (χ3v) is 3.59. The summed E-state index contributed by atoms with van der Waals surface area (Å²) in [5, 5.41) is 9.04. The summed E-state index contributed by atoms with van der Waals surface area (Å²) >= 11 is 0. The van der Waals surface area contributed by atoms with Crippen LogP contribution >= 0.6 is 0 Å². The van der Waals surface area contributed by atoms with E-state index in [4.69, 9.17) is 5.11 Å². The minimum absolute atomic E-state index is 0.115. The van der Waals surface area contributed by atoms with Gasteiger partial charge >= 0.3 is 6.18 Å². The van der Waals surface area contributed by atoms with Gasteiger partial charge in [0.1, 0.15) is 11.3 Å². The molecule has 0 unspecified atom stereocenters. The quantitative estimate of drug-likeness (QED) is 0.916. The first-order valence-electron chi connectivity index (χ1n) is 7.31. The van der Waals surface area contributed by atoms with Crippen molar-refractivity contribution >= 4 is 11.6 Å². The summed E-state index contributed by atoms with van der Waals surface area (Å²) in [7, 11) is 0. The molecular weight excluding hydrogens is 311 g/mol. The van der Waals surface area contributed by atoms with E-state index in [9.17, 15) is 18.0 Å². The number of pyridine rings is 1. The standard InChI is InChI=1S/C15H18F3N3O2/c1-3-11-13(14(23)20(4-2)7-8-22)21-9-10(15(16,17)18)5-6-12(21)19-11/h5-6,9,22H,3-4,7-8H2,1-2H3. The van der Waals surface area contributed by atoms with Gasteiger partial charge < -0.3 is 10.0 Å². The van der Waals surface area contributed by atoms with E-state index in [0.717, 1.165) is 12.3 Å². The van der Waals surface area contributed by atoms with Gasteiger partial charge in [-0.2, -0.15) is 13.2 Å². The first-order valence-corrected chi connectivity index (χ1v) is 7.31. The van der Waals surface area contributed by atoms with E-state index in [1.165, 1.54) is 15.4 Å². The van der Waals surface area contributed by atoms with Crippen LogP contribution in [0.15, 0.2) is 18.3 Å². The van der Waals surface area contributed by atoms with Crippen molar-refractivity contribution < 1.29 is 23.1 Å². The number of nitrogens with zero attached hydrogens (tertiary/aromatic N) is 3. The number of likely N-dealkylation sites (N-methyl/N-ethyl adjacent to an activating group) is 1. The van der Waals surface area contributed by atoms with E-state index in [2.05, 4.69) is 4.98 Å². The van der Waals surface area contributed by atoms with Gasteiger partial charge in [0.05, 0.1) is 17.9 Å². The van der Waals surface area contributed by atoms with Gasteiger partial charge in [-0.3, -0.25) is 9.20 Å². The summed E-state index contributed by atoms with van der Waals surface area (Å²) in [5.74, 6) is -0.440. The van der Waals surface area contributed by atoms with Crippen LogP contribution in [0.2, 0.25) is 0 Å². The molecule has 2 rings (SSSR count). The number of fused-ring (bicyclic) bond motifs is 1. The van der Waals surface area contributed by atoms with Crippen molar-refractivity contribution in [3.8, 4) is 0 Å². The number of halogens is 3. The Hall–Kier alpha value is -2.09. The molecule has 0 saturated heterocycles. The maximum absolute atomic E-state index is 12.9. The lowest BCUT2D eigenvalue weighted by molar-refractivity contribution is -0.137. The van der Waals surface area contributed by atoms with Gasteiger partial charge in [0, 0.05) is 19.3 Å². The number of carbonyl (C=O) groups is 1. The van der Waals surface area contributed by atoms with Crippen molar-refractivity contribution in [2.24, 2.45) is 0 Å². The van der Waals surface area contributed by atoms with E-state index in [1.807, 2.05) is 0 Å². The second kappa shape index (κ2) is 6.57. The van der Waals surface area contributed by atoms with Gasteiger partial charge in [-0.15, -0.1) is 0 Å². The molecule has 2 heterocycles. The summed E-state index contributed by atoms with van der Waals surface area (Å²) in [6.07, 6.45) is -3.19. The molecule has 23 heavy (non-hydrogen) atoms. The normalized spacial score (nSPS) is 11.9. The predicted molar refractivity (Wildman–Crippen MR) is 78.2 cm³/mol. The van der Waals surface area contributed by atoms with Gasteiger partial charge in [0.25, 0.3) is 5.91 Å². The fourth-order valence-electron chi connectivity index (χ4n) is 2.41. The van der Waals surface area contributed by atoms with Crippen LogP contribution in [0.25, 0.3) is 5.65 Å². The molecule has 0 saturated carbocycles. The lowest BCUT2D eigenvalue weighted by atomic mass is 10.2. The molecule has 5 nitrogen and oxygen atoms in total. The molecule has 2 aromatic rings. The Morgan fingerprint density at radius 3 is 2.57 bits per heavy atom. The Bertz CT molecular complexity index is 710. The summed E-state index contributed by atoms with van der Waals surface area (Å²) in [6.45, 7) is 3.76. The molecule has 0 spiro atoms. The van der Waals surface area contributed by atoms with Gasteiger partial charge in [0.15, 0.2) is 0 Å². The molecule has 126 valence electrons. The average molecular weight is 329 g/mol. The number of rotatable bonds is 5. The van der Waals surface area contributed by atoms with Crippen molar-refractivity contribution in [2.75, 3.05) is 19.7 Å². The van der Waals surface area contributed by atoms with Crippen LogP contribution in [-0.2, 0) is 12.6 Å². The van der Waals surface area contributed by atoms with Gasteiger partial charge in [0.2, 0.25) is 0 Å². The highest BCUT2D eigenvalue weighted by atomic mass is 19.4. The zero-order valence-electron chi connectivity index (χ0n) is 12.9. The van der Waals surface area contributed by atoms with Gasteiger partial charge in [-0.1, -0.05) is 6.92 Å². The number of hydrogen-bond donors (Lipinski definition) is 1. The lowest BCUT2D eigenvalue weighted by Gasteiger charge is -2.20. The number of hydrogen-bond acceptors (Lipinski definition) is 3. The Balaban J connectivity index is 2.62. The topological polar surface area (TPSA) is 57.8 Å². The fraction of sp³-hybridized carbons (Fsp3) is 0.467. The number of carbonyl (C=O) groups excluding carboxylic acids is 1. The molecular formula is C15H18F3N3O2. The minimum atomic E-state index is -4.50. The second-order valence-electron chi connectivity index (χ2n) is 5.01. The predicted octanol–water partition coefficient (Wildman–Crippen LogP) is 2.37. The van der Waals surface area contributed by atoms with Crippen LogP contribution in [-0.4, -0.2) is 45.0 Å². The van der Waals surface area contributed by atoms with E-state index in [-0.39, 0.29) is 18.8 Å². The largest absolute Gasteiger partial charge is 0.417 e. The fourth-order valence-corrected chi connectivity index (χ4v) is 2.41. The van der Waals surface area contributed by atoms with Crippen LogP contribution in [0.3, 0.4) is 0 Å². The van der Waals surface area contributed by atoms with Gasteiger partial charge in [-0.25, -0.2) is 4.98 Å². The number of aliphatic hydroxyl groups is 1. The summed E-state index contributed by atoms with van der Waals surface area (Å²) in [5.41, 5.74) is -0.00262. The number of imidazole rings is 1. The monoisotopic (exact) mass is 329 g/mol. The highest BCUT2D eigenvalue weighted by Gasteiger charge is 2.32. The summed E-state index contributed by atoms with van der Waals surface area (Å²) < 4.78 is 39.9. The van der Waals surface area contributed by atoms with E-state index < -0.39 is 17.6 Å². The zero-order valence-corrected chi connectivity index (χ0v) is 12.9. The molecule has 0 radical (unpaired) electrons. The van der Waals surface area contributed by atoms with Crippen molar-refractivity contribution in [3.63, 3.8) is 0 Å². The molecule has 8 heteroatoms. The SMILES string of the molecule is CCc1nc2ccc(C(F)(F)F)cn2c1C(=O)N(CC)CCO. The van der Waals surface area contributed by atoms with Crippen molar-refractivity contribution in [3.05, 3.63) is 35.3 Å². The molecule has 0 atom stereocenters. The number of aryl methyl sites for hydroxylation is 1. The van der Waals surface area contributed by atoms with E-state index >= 15 is 0 Å². The third kappa shape index (κ3) is 3.31. The molecule has 0 fully saturated rings. The molecule has 1 N–H and O–H groups in total.